The summed E-state index contributed by atoms with van der Waals surface area (Å²) in [6.07, 6.45) is 1.09. The molecule has 0 aromatic heterocycles. The third-order valence-electron chi connectivity index (χ3n) is 3.20. The first kappa shape index (κ1) is 18.4. The van der Waals surface area contributed by atoms with Crippen LogP contribution in [0.5, 0.6) is 0 Å². The van der Waals surface area contributed by atoms with Crippen LogP contribution in [0.2, 0.25) is 0 Å². The van der Waals surface area contributed by atoms with Gasteiger partial charge in [-0.1, -0.05) is 77.1 Å². The number of hydrogen-bond donors (Lipinski definition) is 0. The van der Waals surface area contributed by atoms with Gasteiger partial charge in [-0.15, -0.1) is 0 Å². The Morgan fingerprint density at radius 3 is 1.70 bits per heavy atom. The summed E-state index contributed by atoms with van der Waals surface area (Å²) in [5, 5.41) is 0. The van der Waals surface area contributed by atoms with Gasteiger partial charge in [-0.05, 0) is 48.1 Å². The summed E-state index contributed by atoms with van der Waals surface area (Å²) in [6.45, 7) is 14.6. The largest absolute Gasteiger partial charge is 0.0683 e. The molecule has 0 bridgehead atoms. The molecule has 0 aliphatic carbocycles. The minimum atomic E-state index is 1.09. The van der Waals surface area contributed by atoms with E-state index in [1.807, 2.05) is 27.7 Å². The molecule has 0 heteroatoms. The van der Waals surface area contributed by atoms with E-state index in [9.17, 15) is 0 Å². The lowest BCUT2D eigenvalue weighted by Crippen LogP contribution is -1.93. The predicted octanol–water partition coefficient (Wildman–Crippen LogP) is 6.59. The van der Waals surface area contributed by atoms with Crippen LogP contribution in [0.1, 0.15) is 51.3 Å². The summed E-state index contributed by atoms with van der Waals surface area (Å²) < 4.78 is 0. The summed E-state index contributed by atoms with van der Waals surface area (Å²) in [5.41, 5.74) is 6.96. The monoisotopic (exact) mass is 270 g/mol. The van der Waals surface area contributed by atoms with Crippen LogP contribution in [0.15, 0.2) is 42.5 Å². The van der Waals surface area contributed by atoms with Crippen molar-refractivity contribution in [3.8, 4) is 11.1 Å². The first-order valence-electron chi connectivity index (χ1n) is 7.88. The third-order valence-corrected chi connectivity index (χ3v) is 3.20. The molecule has 0 fully saturated rings. The van der Waals surface area contributed by atoms with E-state index in [0.717, 1.165) is 6.42 Å². The highest BCUT2D eigenvalue weighted by Crippen LogP contribution is 2.28. The molecule has 0 unspecified atom stereocenters. The van der Waals surface area contributed by atoms with Gasteiger partial charge in [0, 0.05) is 0 Å². The second-order valence-corrected chi connectivity index (χ2v) is 4.27. The van der Waals surface area contributed by atoms with Crippen molar-refractivity contribution in [2.24, 2.45) is 0 Å². The van der Waals surface area contributed by atoms with Gasteiger partial charge in [-0.25, -0.2) is 0 Å². The molecular weight excluding hydrogens is 240 g/mol. The van der Waals surface area contributed by atoms with Crippen LogP contribution >= 0.6 is 0 Å². The average Bonchev–Trinajstić information content (AvgIpc) is 2.51. The van der Waals surface area contributed by atoms with Crippen LogP contribution in [0.4, 0.5) is 0 Å². The molecule has 0 spiro atoms. The zero-order chi connectivity index (χ0) is 15.5. The lowest BCUT2D eigenvalue weighted by Gasteiger charge is -2.13. The van der Waals surface area contributed by atoms with Crippen molar-refractivity contribution in [3.63, 3.8) is 0 Å². The van der Waals surface area contributed by atoms with E-state index in [1.165, 1.54) is 27.8 Å². The fourth-order valence-corrected chi connectivity index (χ4v) is 2.30. The first-order chi connectivity index (χ1) is 9.74. The standard InChI is InChI=1S/C16H18.2C2H6/c1-4-14-12(2)9-7-11-16(14)15-10-6-5-8-13(15)3;2*1-2/h5-11H,4H2,1-3H3;2*1-2H3. The molecule has 0 radical (unpaired) electrons. The molecule has 0 amide bonds. The number of aryl methyl sites for hydroxylation is 2. The van der Waals surface area contributed by atoms with Gasteiger partial charge >= 0.3 is 0 Å². The van der Waals surface area contributed by atoms with Gasteiger partial charge in [0.1, 0.15) is 0 Å². The molecule has 0 saturated carbocycles. The number of benzene rings is 2. The first-order valence-corrected chi connectivity index (χ1v) is 7.88. The highest BCUT2D eigenvalue weighted by atomic mass is 14.1. The summed E-state index contributed by atoms with van der Waals surface area (Å²) in [5.74, 6) is 0. The summed E-state index contributed by atoms with van der Waals surface area (Å²) in [6, 6.07) is 15.2. The van der Waals surface area contributed by atoms with Gasteiger partial charge in [0.2, 0.25) is 0 Å². The fraction of sp³-hybridized carbons (Fsp3) is 0.400. The van der Waals surface area contributed by atoms with Crippen molar-refractivity contribution in [1.82, 2.24) is 0 Å². The smallest absolute Gasteiger partial charge is 0.0147 e. The molecule has 0 heterocycles. The quantitative estimate of drug-likeness (QED) is 0.577. The van der Waals surface area contributed by atoms with E-state index >= 15 is 0 Å². The molecule has 0 nitrogen and oxygen atoms in total. The molecule has 20 heavy (non-hydrogen) atoms. The molecular formula is C20H30. The lowest BCUT2D eigenvalue weighted by molar-refractivity contribution is 1.11. The van der Waals surface area contributed by atoms with Crippen LogP contribution in [-0.2, 0) is 6.42 Å². The highest BCUT2D eigenvalue weighted by Gasteiger charge is 2.07. The van der Waals surface area contributed by atoms with Crippen molar-refractivity contribution in [2.75, 3.05) is 0 Å². The summed E-state index contributed by atoms with van der Waals surface area (Å²) >= 11 is 0. The molecule has 0 saturated heterocycles. The highest BCUT2D eigenvalue weighted by molar-refractivity contribution is 5.71. The van der Waals surface area contributed by atoms with Gasteiger partial charge < -0.3 is 0 Å². The minimum Gasteiger partial charge on any atom is -0.0683 e. The van der Waals surface area contributed by atoms with Crippen LogP contribution in [0, 0.1) is 13.8 Å². The minimum absolute atomic E-state index is 1.09. The predicted molar refractivity (Wildman–Crippen MR) is 93.4 cm³/mol. The Morgan fingerprint density at radius 1 is 0.650 bits per heavy atom. The Kier molecular flexibility index (Phi) is 9.45. The van der Waals surface area contributed by atoms with Crippen LogP contribution in [-0.4, -0.2) is 0 Å². The maximum absolute atomic E-state index is 2.23. The molecule has 2 aromatic rings. The third kappa shape index (κ3) is 4.52. The Labute approximate surface area is 125 Å². The maximum Gasteiger partial charge on any atom is -0.0147 e. The number of hydrogen-bond acceptors (Lipinski definition) is 0. The van der Waals surface area contributed by atoms with Gasteiger partial charge in [0.25, 0.3) is 0 Å². The molecule has 110 valence electrons. The van der Waals surface area contributed by atoms with E-state index in [4.69, 9.17) is 0 Å². The van der Waals surface area contributed by atoms with Crippen LogP contribution in [0.3, 0.4) is 0 Å². The topological polar surface area (TPSA) is 0 Å². The molecule has 2 aromatic carbocycles. The second kappa shape index (κ2) is 10.3. The van der Waals surface area contributed by atoms with Gasteiger partial charge in [-0.3, -0.25) is 0 Å². The SMILES string of the molecule is CC.CC.CCc1c(C)cccc1-c1ccccc1C. The summed E-state index contributed by atoms with van der Waals surface area (Å²) in [4.78, 5) is 0. The van der Waals surface area contributed by atoms with Crippen molar-refractivity contribution < 1.29 is 0 Å². The van der Waals surface area contributed by atoms with Crippen molar-refractivity contribution in [2.45, 2.75) is 54.9 Å². The van der Waals surface area contributed by atoms with E-state index in [0.29, 0.717) is 0 Å². The lowest BCUT2D eigenvalue weighted by atomic mass is 9.92. The van der Waals surface area contributed by atoms with E-state index in [1.54, 1.807) is 0 Å². The van der Waals surface area contributed by atoms with Gasteiger partial charge in [0.05, 0.1) is 0 Å². The van der Waals surface area contributed by atoms with Crippen molar-refractivity contribution in [1.29, 1.82) is 0 Å². The van der Waals surface area contributed by atoms with Crippen LogP contribution < -0.4 is 0 Å². The second-order valence-electron chi connectivity index (χ2n) is 4.27. The van der Waals surface area contributed by atoms with E-state index in [2.05, 4.69) is 63.2 Å². The van der Waals surface area contributed by atoms with E-state index in [-0.39, 0.29) is 0 Å². The fourth-order valence-electron chi connectivity index (χ4n) is 2.30. The van der Waals surface area contributed by atoms with Gasteiger partial charge in [0.15, 0.2) is 0 Å². The molecule has 0 N–H and O–H groups in total. The average molecular weight is 270 g/mol. The van der Waals surface area contributed by atoms with Crippen molar-refractivity contribution in [3.05, 3.63) is 59.2 Å². The zero-order valence-corrected chi connectivity index (χ0v) is 14.2. The molecule has 2 rings (SSSR count). The van der Waals surface area contributed by atoms with Crippen molar-refractivity contribution >= 4 is 0 Å². The molecule has 0 aliphatic rings. The Balaban J connectivity index is 0.000000829. The Morgan fingerprint density at radius 2 is 1.15 bits per heavy atom. The van der Waals surface area contributed by atoms with E-state index < -0.39 is 0 Å². The molecule has 0 aliphatic heterocycles. The normalized spacial score (nSPS) is 8.95. The zero-order valence-electron chi connectivity index (χ0n) is 14.2. The molecule has 0 atom stereocenters. The summed E-state index contributed by atoms with van der Waals surface area (Å²) in [7, 11) is 0. The Hall–Kier alpha value is -1.56. The van der Waals surface area contributed by atoms with Crippen LogP contribution in [0.25, 0.3) is 11.1 Å². The Bertz CT molecular complexity index is 495. The number of rotatable bonds is 2. The van der Waals surface area contributed by atoms with Gasteiger partial charge in [-0.2, -0.15) is 0 Å². The maximum atomic E-state index is 2.23.